The summed E-state index contributed by atoms with van der Waals surface area (Å²) in [6, 6.07) is 7.39. The quantitative estimate of drug-likeness (QED) is 0.940. The summed E-state index contributed by atoms with van der Waals surface area (Å²) in [5.41, 5.74) is 2.02. The molecule has 1 aliphatic heterocycles. The lowest BCUT2D eigenvalue weighted by molar-refractivity contribution is 0.476. The second-order valence-corrected chi connectivity index (χ2v) is 8.04. The lowest BCUT2D eigenvalue weighted by Gasteiger charge is -2.25. The van der Waals surface area contributed by atoms with E-state index in [1.54, 1.807) is 19.1 Å². The maximum atomic E-state index is 11.8. The number of hydrogen-bond acceptors (Lipinski definition) is 4. The summed E-state index contributed by atoms with van der Waals surface area (Å²) in [7, 11) is -3.13. The molecular formula is C16H21N3O2S. The Balaban J connectivity index is 1.70. The number of imidazole rings is 1. The SMILES string of the molecule is CCS(=O)(=O)c1ccc(N[C@H]2CCc3nc(C)cn3C2)cc1. The van der Waals surface area contributed by atoms with Crippen LogP contribution in [0.2, 0.25) is 0 Å². The molecule has 1 aliphatic rings. The fraction of sp³-hybridized carbons (Fsp3) is 0.438. The molecule has 2 aromatic rings. The van der Waals surface area contributed by atoms with Crippen LogP contribution in [0.15, 0.2) is 35.4 Å². The second kappa shape index (κ2) is 5.76. The molecule has 0 radical (unpaired) electrons. The Hall–Kier alpha value is -1.82. The highest BCUT2D eigenvalue weighted by Gasteiger charge is 2.19. The third kappa shape index (κ3) is 3.02. The average molecular weight is 319 g/mol. The summed E-state index contributed by atoms with van der Waals surface area (Å²) in [6.45, 7) is 4.57. The van der Waals surface area contributed by atoms with Gasteiger partial charge >= 0.3 is 0 Å². The number of nitrogens with one attached hydrogen (secondary N) is 1. The molecule has 1 aromatic carbocycles. The molecule has 0 saturated heterocycles. The van der Waals surface area contributed by atoms with Crippen molar-refractivity contribution in [2.75, 3.05) is 11.1 Å². The monoisotopic (exact) mass is 319 g/mol. The van der Waals surface area contributed by atoms with Crippen LogP contribution in [0.1, 0.15) is 24.9 Å². The molecule has 3 rings (SSSR count). The van der Waals surface area contributed by atoms with Crippen LogP contribution in [0.3, 0.4) is 0 Å². The number of aromatic nitrogens is 2. The Labute approximate surface area is 131 Å². The van der Waals surface area contributed by atoms with E-state index in [-0.39, 0.29) is 5.75 Å². The second-order valence-electron chi connectivity index (χ2n) is 5.76. The van der Waals surface area contributed by atoms with Gasteiger partial charge in [0.15, 0.2) is 9.84 Å². The number of benzene rings is 1. The minimum atomic E-state index is -3.13. The summed E-state index contributed by atoms with van der Waals surface area (Å²) in [6.07, 6.45) is 4.08. The standard InChI is InChI=1S/C16H21N3O2S/c1-3-22(20,21)15-7-4-13(5-8-15)18-14-6-9-16-17-12(2)10-19(16)11-14/h4-5,7-8,10,14,18H,3,6,9,11H2,1-2H3/t14-/m0/s1. The molecule has 2 heterocycles. The lowest BCUT2D eigenvalue weighted by Crippen LogP contribution is -2.31. The predicted molar refractivity (Wildman–Crippen MR) is 86.9 cm³/mol. The van der Waals surface area contributed by atoms with Crippen LogP contribution in [0.25, 0.3) is 0 Å². The number of sulfone groups is 1. The Morgan fingerprint density at radius 1 is 1.32 bits per heavy atom. The van der Waals surface area contributed by atoms with Crippen molar-refractivity contribution in [2.24, 2.45) is 0 Å². The number of anilines is 1. The molecule has 1 N–H and O–H groups in total. The molecule has 0 fully saturated rings. The number of aryl methyl sites for hydroxylation is 2. The van der Waals surface area contributed by atoms with Gasteiger partial charge in [-0.3, -0.25) is 0 Å². The van der Waals surface area contributed by atoms with Crippen LogP contribution in [-0.4, -0.2) is 29.8 Å². The first-order valence-corrected chi connectivity index (χ1v) is 9.25. The molecule has 1 aromatic heterocycles. The van der Waals surface area contributed by atoms with Crippen molar-refractivity contribution in [3.05, 3.63) is 42.0 Å². The zero-order chi connectivity index (χ0) is 15.7. The Morgan fingerprint density at radius 2 is 2.05 bits per heavy atom. The summed E-state index contributed by atoms with van der Waals surface area (Å²) in [5, 5.41) is 3.48. The maximum Gasteiger partial charge on any atom is 0.178 e. The van der Waals surface area contributed by atoms with E-state index in [1.807, 2.05) is 19.1 Å². The molecule has 0 spiro atoms. The van der Waals surface area contributed by atoms with Gasteiger partial charge in [0.2, 0.25) is 0 Å². The van der Waals surface area contributed by atoms with Crippen molar-refractivity contribution in [2.45, 2.75) is 44.2 Å². The van der Waals surface area contributed by atoms with Crippen LogP contribution in [0, 0.1) is 6.92 Å². The van der Waals surface area contributed by atoms with Crippen molar-refractivity contribution in [1.82, 2.24) is 9.55 Å². The number of rotatable bonds is 4. The van der Waals surface area contributed by atoms with Crippen LogP contribution < -0.4 is 5.32 Å². The van der Waals surface area contributed by atoms with E-state index < -0.39 is 9.84 Å². The van der Waals surface area contributed by atoms with E-state index in [0.717, 1.165) is 36.6 Å². The van der Waals surface area contributed by atoms with E-state index >= 15 is 0 Å². The molecule has 5 nitrogen and oxygen atoms in total. The summed E-state index contributed by atoms with van der Waals surface area (Å²) in [4.78, 5) is 4.90. The highest BCUT2D eigenvalue weighted by Crippen LogP contribution is 2.20. The normalized spacial score (nSPS) is 18.0. The highest BCUT2D eigenvalue weighted by molar-refractivity contribution is 7.91. The fourth-order valence-electron chi connectivity index (χ4n) is 2.87. The summed E-state index contributed by atoms with van der Waals surface area (Å²) < 4.78 is 25.8. The Bertz CT molecular complexity index is 763. The first-order valence-electron chi connectivity index (χ1n) is 7.60. The van der Waals surface area contributed by atoms with Crippen molar-refractivity contribution in [3.8, 4) is 0 Å². The number of fused-ring (bicyclic) bond motifs is 1. The summed E-state index contributed by atoms with van der Waals surface area (Å²) >= 11 is 0. The molecule has 0 aliphatic carbocycles. The zero-order valence-corrected chi connectivity index (χ0v) is 13.7. The number of nitrogens with zero attached hydrogens (tertiary/aromatic N) is 2. The molecule has 118 valence electrons. The van der Waals surface area contributed by atoms with Gasteiger partial charge in [-0.15, -0.1) is 0 Å². The molecule has 1 atom stereocenters. The maximum absolute atomic E-state index is 11.8. The van der Waals surface area contributed by atoms with Gasteiger partial charge in [-0.1, -0.05) is 6.92 Å². The molecular weight excluding hydrogens is 298 g/mol. The molecule has 0 amide bonds. The predicted octanol–water partition coefficient (Wildman–Crippen LogP) is 2.41. The van der Waals surface area contributed by atoms with E-state index in [4.69, 9.17) is 0 Å². The van der Waals surface area contributed by atoms with Gasteiger partial charge in [0, 0.05) is 30.9 Å². The van der Waals surface area contributed by atoms with E-state index in [0.29, 0.717) is 10.9 Å². The van der Waals surface area contributed by atoms with Gasteiger partial charge in [0.1, 0.15) is 5.82 Å². The van der Waals surface area contributed by atoms with Crippen LogP contribution in [0.5, 0.6) is 0 Å². The van der Waals surface area contributed by atoms with Crippen molar-refractivity contribution >= 4 is 15.5 Å². The van der Waals surface area contributed by atoms with Gasteiger partial charge in [-0.05, 0) is 37.6 Å². The van der Waals surface area contributed by atoms with Crippen LogP contribution in [0.4, 0.5) is 5.69 Å². The van der Waals surface area contributed by atoms with E-state index in [2.05, 4.69) is 21.1 Å². The smallest absolute Gasteiger partial charge is 0.178 e. The largest absolute Gasteiger partial charge is 0.380 e. The minimum Gasteiger partial charge on any atom is -0.380 e. The third-order valence-electron chi connectivity index (χ3n) is 4.08. The van der Waals surface area contributed by atoms with Crippen molar-refractivity contribution in [1.29, 1.82) is 0 Å². The van der Waals surface area contributed by atoms with Gasteiger partial charge in [0.25, 0.3) is 0 Å². The molecule has 0 unspecified atom stereocenters. The summed E-state index contributed by atoms with van der Waals surface area (Å²) in [5.74, 6) is 1.28. The first kappa shape index (κ1) is 15.1. The fourth-order valence-corrected chi connectivity index (χ4v) is 3.75. The molecule has 22 heavy (non-hydrogen) atoms. The third-order valence-corrected chi connectivity index (χ3v) is 5.83. The zero-order valence-electron chi connectivity index (χ0n) is 12.9. The topological polar surface area (TPSA) is 64.0 Å². The van der Waals surface area contributed by atoms with Crippen molar-refractivity contribution in [3.63, 3.8) is 0 Å². The van der Waals surface area contributed by atoms with Gasteiger partial charge in [-0.2, -0.15) is 0 Å². The minimum absolute atomic E-state index is 0.130. The van der Waals surface area contributed by atoms with Crippen LogP contribution in [-0.2, 0) is 22.8 Å². The lowest BCUT2D eigenvalue weighted by atomic mass is 10.1. The van der Waals surface area contributed by atoms with E-state index in [9.17, 15) is 8.42 Å². The molecule has 0 bridgehead atoms. The van der Waals surface area contributed by atoms with Gasteiger partial charge < -0.3 is 9.88 Å². The Morgan fingerprint density at radius 3 is 2.73 bits per heavy atom. The molecule has 6 heteroatoms. The molecule has 0 saturated carbocycles. The van der Waals surface area contributed by atoms with E-state index in [1.165, 1.54) is 0 Å². The highest BCUT2D eigenvalue weighted by atomic mass is 32.2. The van der Waals surface area contributed by atoms with Crippen LogP contribution >= 0.6 is 0 Å². The first-order chi connectivity index (χ1) is 10.5. The van der Waals surface area contributed by atoms with Gasteiger partial charge in [0.05, 0.1) is 16.3 Å². The average Bonchev–Trinajstić information content (AvgIpc) is 2.87. The number of hydrogen-bond donors (Lipinski definition) is 1. The Kier molecular flexibility index (Phi) is 3.95. The van der Waals surface area contributed by atoms with Gasteiger partial charge in [-0.25, -0.2) is 13.4 Å². The van der Waals surface area contributed by atoms with Crippen molar-refractivity contribution < 1.29 is 8.42 Å².